The number of rotatable bonds is 8. The normalized spacial score (nSPS) is 20.5. The third-order valence-electron chi connectivity index (χ3n) is 6.64. The minimum absolute atomic E-state index is 0.173. The topological polar surface area (TPSA) is 86.3 Å². The maximum atomic E-state index is 12.5. The second-order valence-electron chi connectivity index (χ2n) is 8.93. The Morgan fingerprint density at radius 2 is 2.03 bits per heavy atom. The predicted octanol–water partition coefficient (Wildman–Crippen LogP) is 3.33. The van der Waals surface area contributed by atoms with E-state index < -0.39 is 0 Å². The maximum Gasteiger partial charge on any atom is 0.273 e. The number of carbonyl (C=O) groups excluding carboxylic acids is 1. The minimum atomic E-state index is -0.173. The number of nitrogens with zero attached hydrogens (tertiary/aromatic N) is 4. The van der Waals surface area contributed by atoms with Gasteiger partial charge in [0.25, 0.3) is 5.91 Å². The summed E-state index contributed by atoms with van der Waals surface area (Å²) in [6.45, 7) is 5.93. The van der Waals surface area contributed by atoms with Crippen molar-refractivity contribution in [2.45, 2.75) is 57.8 Å². The van der Waals surface area contributed by atoms with Crippen LogP contribution in [-0.2, 0) is 11.2 Å². The van der Waals surface area contributed by atoms with E-state index >= 15 is 0 Å². The first-order chi connectivity index (χ1) is 15.2. The number of carbonyl (C=O) groups is 1. The van der Waals surface area contributed by atoms with E-state index in [0.29, 0.717) is 17.2 Å². The van der Waals surface area contributed by atoms with Crippen LogP contribution < -0.4 is 5.43 Å². The molecule has 1 amide bonds. The highest BCUT2D eigenvalue weighted by Gasteiger charge is 2.32. The van der Waals surface area contributed by atoms with Crippen LogP contribution in [0.1, 0.15) is 72.5 Å². The number of H-pyrrole nitrogens is 1. The Labute approximate surface area is 183 Å². The average molecular weight is 419 g/mol. The zero-order valence-corrected chi connectivity index (χ0v) is 18.2. The fraction of sp³-hybridized carbons (Fsp3) is 0.500. The van der Waals surface area contributed by atoms with Crippen molar-refractivity contribution in [3.05, 3.63) is 52.1 Å². The van der Waals surface area contributed by atoms with Crippen molar-refractivity contribution in [3.8, 4) is 0 Å². The Bertz CT molecular complexity index is 1010. The van der Waals surface area contributed by atoms with Gasteiger partial charge in [-0.1, -0.05) is 0 Å². The van der Waals surface area contributed by atoms with E-state index in [-0.39, 0.29) is 5.91 Å². The number of aromatic amines is 1. The van der Waals surface area contributed by atoms with Gasteiger partial charge in [0.05, 0.1) is 18.0 Å². The van der Waals surface area contributed by atoms with E-state index in [9.17, 15) is 4.79 Å². The first-order valence-corrected chi connectivity index (χ1v) is 11.5. The standard InChI is InChI=1S/C24H30N6O/c1-16-19(6-2-3-11-30-12-4-5-13-30)22(17-7-8-17)21(27-16)14-20-23(28-29-24(20)31)18-9-10-25-26-15-18/h9-10,14-15,17,27H,2-8,11-13H2,1H3,(H,29,31). The van der Waals surface area contributed by atoms with Gasteiger partial charge in [-0.05, 0) is 101 Å². The van der Waals surface area contributed by atoms with Crippen LogP contribution >= 0.6 is 0 Å². The molecule has 2 aromatic heterocycles. The lowest BCUT2D eigenvalue weighted by Crippen LogP contribution is -2.20. The summed E-state index contributed by atoms with van der Waals surface area (Å²) < 4.78 is 0. The number of hydrazone groups is 1. The van der Waals surface area contributed by atoms with E-state index in [1.54, 1.807) is 12.4 Å². The van der Waals surface area contributed by atoms with Gasteiger partial charge in [0.2, 0.25) is 0 Å². The van der Waals surface area contributed by atoms with E-state index in [4.69, 9.17) is 0 Å². The number of hydrogen-bond donors (Lipinski definition) is 2. The van der Waals surface area contributed by atoms with Crippen molar-refractivity contribution in [2.24, 2.45) is 5.10 Å². The molecule has 0 spiro atoms. The third-order valence-corrected chi connectivity index (χ3v) is 6.64. The van der Waals surface area contributed by atoms with Crippen molar-refractivity contribution >= 4 is 17.7 Å². The van der Waals surface area contributed by atoms with E-state index in [1.807, 2.05) is 12.1 Å². The molecule has 2 aliphatic heterocycles. The van der Waals surface area contributed by atoms with Crippen molar-refractivity contribution < 1.29 is 4.79 Å². The van der Waals surface area contributed by atoms with Gasteiger partial charge in [0.1, 0.15) is 5.71 Å². The van der Waals surface area contributed by atoms with Crippen LogP contribution in [-0.4, -0.2) is 51.3 Å². The van der Waals surface area contributed by atoms with Crippen LogP contribution in [0.3, 0.4) is 0 Å². The van der Waals surface area contributed by atoms with Gasteiger partial charge in [-0.3, -0.25) is 4.79 Å². The summed E-state index contributed by atoms with van der Waals surface area (Å²) in [4.78, 5) is 18.7. The van der Waals surface area contributed by atoms with Crippen molar-refractivity contribution in [1.29, 1.82) is 0 Å². The van der Waals surface area contributed by atoms with Crippen molar-refractivity contribution in [3.63, 3.8) is 0 Å². The van der Waals surface area contributed by atoms with Crippen LogP contribution in [0.5, 0.6) is 0 Å². The molecule has 0 atom stereocenters. The molecule has 1 aliphatic carbocycles. The number of hydrogen-bond acceptors (Lipinski definition) is 5. The molecule has 2 N–H and O–H groups in total. The highest BCUT2D eigenvalue weighted by molar-refractivity contribution is 6.33. The molecular formula is C24H30N6O. The molecule has 0 unspecified atom stereocenters. The minimum Gasteiger partial charge on any atom is -0.359 e. The Balaban J connectivity index is 1.37. The van der Waals surface area contributed by atoms with Crippen LogP contribution in [0.15, 0.2) is 29.1 Å². The SMILES string of the molecule is Cc1[nH]c(C=C2C(=O)NN=C2c2ccnnc2)c(C2CC2)c1CCCCN1CCCC1. The summed E-state index contributed by atoms with van der Waals surface area (Å²) in [5, 5.41) is 12.0. The first-order valence-electron chi connectivity index (χ1n) is 11.5. The first kappa shape index (κ1) is 20.1. The molecule has 1 saturated heterocycles. The van der Waals surface area contributed by atoms with Crippen LogP contribution in [0.4, 0.5) is 0 Å². The molecule has 7 heteroatoms. The Kier molecular flexibility index (Phi) is 5.68. The van der Waals surface area contributed by atoms with Gasteiger partial charge >= 0.3 is 0 Å². The molecule has 3 aliphatic rings. The summed E-state index contributed by atoms with van der Waals surface area (Å²) in [7, 11) is 0. The lowest BCUT2D eigenvalue weighted by molar-refractivity contribution is -0.116. The summed E-state index contributed by atoms with van der Waals surface area (Å²) >= 11 is 0. The highest BCUT2D eigenvalue weighted by Crippen LogP contribution is 2.45. The van der Waals surface area contributed by atoms with Gasteiger partial charge < -0.3 is 9.88 Å². The fourth-order valence-corrected chi connectivity index (χ4v) is 4.89. The summed E-state index contributed by atoms with van der Waals surface area (Å²) in [5.74, 6) is 0.436. The van der Waals surface area contributed by atoms with Gasteiger partial charge in [0, 0.05) is 17.0 Å². The number of amides is 1. The zero-order chi connectivity index (χ0) is 21.2. The van der Waals surface area contributed by atoms with Crippen LogP contribution in [0.25, 0.3) is 6.08 Å². The molecule has 7 nitrogen and oxygen atoms in total. The van der Waals surface area contributed by atoms with Crippen molar-refractivity contribution in [2.75, 3.05) is 19.6 Å². The number of unbranched alkanes of at least 4 members (excludes halogenated alkanes) is 1. The number of aromatic nitrogens is 3. The van der Waals surface area contributed by atoms with Crippen LogP contribution in [0, 0.1) is 6.92 Å². The largest absolute Gasteiger partial charge is 0.359 e. The van der Waals surface area contributed by atoms with Gasteiger partial charge in [-0.15, -0.1) is 0 Å². The molecule has 5 rings (SSSR count). The van der Waals surface area contributed by atoms with E-state index in [2.05, 4.69) is 37.5 Å². The Morgan fingerprint density at radius 3 is 2.77 bits per heavy atom. The third kappa shape index (κ3) is 4.32. The second-order valence-corrected chi connectivity index (χ2v) is 8.93. The average Bonchev–Trinajstić information content (AvgIpc) is 3.21. The van der Waals surface area contributed by atoms with E-state index in [0.717, 1.165) is 17.7 Å². The molecule has 0 bridgehead atoms. The smallest absolute Gasteiger partial charge is 0.273 e. The molecule has 0 radical (unpaired) electrons. The Morgan fingerprint density at radius 1 is 1.19 bits per heavy atom. The number of likely N-dealkylation sites (tertiary alicyclic amines) is 1. The van der Waals surface area contributed by atoms with Crippen molar-refractivity contribution in [1.82, 2.24) is 25.5 Å². The summed E-state index contributed by atoms with van der Waals surface area (Å²) in [5.41, 5.74) is 9.77. The lowest BCUT2D eigenvalue weighted by atomic mass is 9.97. The summed E-state index contributed by atoms with van der Waals surface area (Å²) in [6, 6.07) is 1.83. The molecule has 31 heavy (non-hydrogen) atoms. The predicted molar refractivity (Wildman–Crippen MR) is 121 cm³/mol. The van der Waals surface area contributed by atoms with Gasteiger partial charge in [0.15, 0.2) is 0 Å². The van der Waals surface area contributed by atoms with E-state index in [1.165, 1.54) is 75.0 Å². The second kappa shape index (κ2) is 8.75. The monoisotopic (exact) mass is 418 g/mol. The quantitative estimate of drug-likeness (QED) is 0.509. The molecule has 0 aromatic carbocycles. The number of aryl methyl sites for hydroxylation is 1. The highest BCUT2D eigenvalue weighted by atomic mass is 16.2. The number of nitrogens with one attached hydrogen (secondary N) is 2. The molecule has 2 fully saturated rings. The zero-order valence-electron chi connectivity index (χ0n) is 18.2. The summed E-state index contributed by atoms with van der Waals surface area (Å²) in [6.07, 6.45) is 14.0. The van der Waals surface area contributed by atoms with Gasteiger partial charge in [-0.25, -0.2) is 5.43 Å². The molecule has 1 saturated carbocycles. The lowest BCUT2D eigenvalue weighted by Gasteiger charge is -2.14. The fourth-order valence-electron chi connectivity index (χ4n) is 4.89. The molecule has 162 valence electrons. The maximum absolute atomic E-state index is 12.5. The molecular weight excluding hydrogens is 388 g/mol. The Hall–Kier alpha value is -2.80. The molecule has 2 aromatic rings. The molecule has 4 heterocycles. The van der Waals surface area contributed by atoms with Gasteiger partial charge in [-0.2, -0.15) is 15.3 Å². The van der Waals surface area contributed by atoms with Crippen LogP contribution in [0.2, 0.25) is 0 Å².